The van der Waals surface area contributed by atoms with Crippen LogP contribution in [0.2, 0.25) is 0 Å². The van der Waals surface area contributed by atoms with Crippen molar-refractivity contribution in [3.8, 4) is 0 Å². The summed E-state index contributed by atoms with van der Waals surface area (Å²) >= 11 is 0. The third-order valence-corrected chi connectivity index (χ3v) is 1.87. The number of hydrogen-bond acceptors (Lipinski definition) is 3. The summed E-state index contributed by atoms with van der Waals surface area (Å²) in [5.74, 6) is -0.282. The van der Waals surface area contributed by atoms with Crippen LogP contribution < -0.4 is 5.73 Å². The fourth-order valence-corrected chi connectivity index (χ4v) is 1.24. The summed E-state index contributed by atoms with van der Waals surface area (Å²) in [4.78, 5) is 24.2. The minimum Gasteiger partial charge on any atom is -0.403 e. The summed E-state index contributed by atoms with van der Waals surface area (Å²) < 4.78 is 0. The van der Waals surface area contributed by atoms with Crippen molar-refractivity contribution in [3.63, 3.8) is 0 Å². The van der Waals surface area contributed by atoms with Gasteiger partial charge in [0.15, 0.2) is 5.78 Å². The smallest absolute Gasteiger partial charge is 0.227 e. The SMILES string of the molecule is CCC(=O)N(/C(=C\N)C(C)=O)C(C)C. The van der Waals surface area contributed by atoms with E-state index in [0.717, 1.165) is 0 Å². The van der Waals surface area contributed by atoms with Crippen molar-refractivity contribution >= 4 is 11.7 Å². The summed E-state index contributed by atoms with van der Waals surface area (Å²) in [5, 5.41) is 0. The molecule has 0 heterocycles. The lowest BCUT2D eigenvalue weighted by Gasteiger charge is -2.27. The predicted molar refractivity (Wildman–Crippen MR) is 55.2 cm³/mol. The second kappa shape index (κ2) is 5.42. The van der Waals surface area contributed by atoms with Gasteiger partial charge in [-0.05, 0) is 13.8 Å². The maximum Gasteiger partial charge on any atom is 0.227 e. The quantitative estimate of drug-likeness (QED) is 0.686. The van der Waals surface area contributed by atoms with Gasteiger partial charge in [0.1, 0.15) is 5.70 Å². The van der Waals surface area contributed by atoms with Crippen LogP contribution in [0, 0.1) is 0 Å². The average Bonchev–Trinajstić information content (AvgIpc) is 2.11. The maximum atomic E-state index is 11.5. The lowest BCUT2D eigenvalue weighted by Crippen LogP contribution is -2.38. The van der Waals surface area contributed by atoms with E-state index in [2.05, 4.69) is 0 Å². The zero-order valence-corrected chi connectivity index (χ0v) is 9.20. The first kappa shape index (κ1) is 12.7. The molecule has 14 heavy (non-hydrogen) atoms. The molecular weight excluding hydrogens is 180 g/mol. The average molecular weight is 198 g/mol. The number of carbonyl (C=O) groups is 2. The Kier molecular flexibility index (Phi) is 4.91. The van der Waals surface area contributed by atoms with E-state index in [9.17, 15) is 9.59 Å². The normalized spacial score (nSPS) is 11.6. The van der Waals surface area contributed by atoms with Crippen molar-refractivity contribution < 1.29 is 9.59 Å². The molecule has 0 spiro atoms. The molecule has 4 nitrogen and oxygen atoms in total. The highest BCUT2D eigenvalue weighted by Gasteiger charge is 2.21. The van der Waals surface area contributed by atoms with E-state index >= 15 is 0 Å². The van der Waals surface area contributed by atoms with E-state index in [1.807, 2.05) is 13.8 Å². The molecule has 0 aliphatic heterocycles. The van der Waals surface area contributed by atoms with Gasteiger partial charge in [0.25, 0.3) is 0 Å². The third kappa shape index (κ3) is 2.87. The number of amides is 1. The molecule has 2 N–H and O–H groups in total. The molecular formula is C10H18N2O2. The van der Waals surface area contributed by atoms with Gasteiger partial charge in [-0.1, -0.05) is 6.92 Å². The Labute approximate surface area is 84.8 Å². The van der Waals surface area contributed by atoms with Crippen molar-refractivity contribution in [2.75, 3.05) is 0 Å². The third-order valence-electron chi connectivity index (χ3n) is 1.87. The van der Waals surface area contributed by atoms with E-state index in [0.29, 0.717) is 6.42 Å². The Balaban J connectivity index is 5.00. The van der Waals surface area contributed by atoms with E-state index in [4.69, 9.17) is 5.73 Å². The summed E-state index contributed by atoms with van der Waals surface area (Å²) in [7, 11) is 0. The van der Waals surface area contributed by atoms with Gasteiger partial charge < -0.3 is 10.6 Å². The second-order valence-electron chi connectivity index (χ2n) is 3.32. The molecule has 0 saturated heterocycles. The fraction of sp³-hybridized carbons (Fsp3) is 0.600. The highest BCUT2D eigenvalue weighted by molar-refractivity contribution is 5.97. The molecule has 0 atom stereocenters. The summed E-state index contributed by atoms with van der Waals surface area (Å²) in [6.07, 6.45) is 1.55. The molecule has 0 aromatic heterocycles. The van der Waals surface area contributed by atoms with Crippen LogP contribution in [0.5, 0.6) is 0 Å². The number of hydrogen-bond donors (Lipinski definition) is 1. The molecule has 80 valence electrons. The number of nitrogens with two attached hydrogens (primary N) is 1. The molecule has 0 bridgehead atoms. The summed E-state index contributed by atoms with van der Waals surface area (Å²) in [6.45, 7) is 6.85. The number of ketones is 1. The van der Waals surface area contributed by atoms with Crippen LogP contribution in [-0.2, 0) is 9.59 Å². The van der Waals surface area contributed by atoms with Gasteiger partial charge in [0, 0.05) is 25.6 Å². The molecule has 0 fully saturated rings. The zero-order chi connectivity index (χ0) is 11.3. The Morgan fingerprint density at radius 3 is 2.14 bits per heavy atom. The van der Waals surface area contributed by atoms with Crippen molar-refractivity contribution in [1.82, 2.24) is 4.90 Å². The summed E-state index contributed by atoms with van der Waals surface area (Å²) in [6, 6.07) is -0.0545. The Morgan fingerprint density at radius 1 is 1.43 bits per heavy atom. The molecule has 1 amide bonds. The number of allylic oxidation sites excluding steroid dienone is 1. The lowest BCUT2D eigenvalue weighted by molar-refractivity contribution is -0.133. The minimum absolute atomic E-state index is 0.0545. The molecule has 0 aromatic rings. The Hall–Kier alpha value is -1.32. The van der Waals surface area contributed by atoms with Crippen LogP contribution in [0.1, 0.15) is 34.1 Å². The van der Waals surface area contributed by atoms with Crippen molar-refractivity contribution in [2.24, 2.45) is 5.73 Å². The van der Waals surface area contributed by atoms with Crippen LogP contribution in [0.25, 0.3) is 0 Å². The molecule has 0 unspecified atom stereocenters. The van der Waals surface area contributed by atoms with Gasteiger partial charge >= 0.3 is 0 Å². The van der Waals surface area contributed by atoms with Crippen molar-refractivity contribution in [1.29, 1.82) is 0 Å². The first-order chi connectivity index (χ1) is 6.45. The van der Waals surface area contributed by atoms with Gasteiger partial charge in [0.05, 0.1) is 0 Å². The molecule has 0 aliphatic rings. The van der Waals surface area contributed by atoms with Crippen molar-refractivity contribution in [3.05, 3.63) is 11.9 Å². The van der Waals surface area contributed by atoms with Crippen LogP contribution in [0.4, 0.5) is 0 Å². The minimum atomic E-state index is -0.192. The first-order valence-electron chi connectivity index (χ1n) is 4.70. The number of carbonyl (C=O) groups excluding carboxylic acids is 2. The van der Waals surface area contributed by atoms with E-state index in [1.54, 1.807) is 6.92 Å². The van der Waals surface area contributed by atoms with E-state index in [1.165, 1.54) is 18.0 Å². The van der Waals surface area contributed by atoms with Crippen LogP contribution in [0.15, 0.2) is 11.9 Å². The van der Waals surface area contributed by atoms with E-state index in [-0.39, 0.29) is 23.4 Å². The lowest BCUT2D eigenvalue weighted by atomic mass is 10.2. The molecule has 4 heteroatoms. The standard InChI is InChI=1S/C10H18N2O2/c1-5-10(14)12(7(2)3)9(6-11)8(4)13/h6-7H,5,11H2,1-4H3/b9-6-. The van der Waals surface area contributed by atoms with Gasteiger partial charge in [0.2, 0.25) is 5.91 Å². The molecule has 0 rings (SSSR count). The summed E-state index contributed by atoms with van der Waals surface area (Å²) in [5.41, 5.74) is 5.60. The predicted octanol–water partition coefficient (Wildman–Crippen LogP) is 1.02. The largest absolute Gasteiger partial charge is 0.403 e. The van der Waals surface area contributed by atoms with Gasteiger partial charge in [-0.3, -0.25) is 9.59 Å². The maximum absolute atomic E-state index is 11.5. The van der Waals surface area contributed by atoms with Crippen LogP contribution >= 0.6 is 0 Å². The number of rotatable bonds is 4. The highest BCUT2D eigenvalue weighted by Crippen LogP contribution is 2.11. The topological polar surface area (TPSA) is 63.4 Å². The van der Waals surface area contributed by atoms with Crippen molar-refractivity contribution in [2.45, 2.75) is 40.2 Å². The molecule has 0 aromatic carbocycles. The van der Waals surface area contributed by atoms with Gasteiger partial charge in [-0.15, -0.1) is 0 Å². The monoisotopic (exact) mass is 198 g/mol. The van der Waals surface area contributed by atoms with Gasteiger partial charge in [-0.2, -0.15) is 0 Å². The van der Waals surface area contributed by atoms with Crippen LogP contribution in [-0.4, -0.2) is 22.6 Å². The molecule has 0 radical (unpaired) electrons. The molecule has 0 aliphatic carbocycles. The second-order valence-corrected chi connectivity index (χ2v) is 3.32. The van der Waals surface area contributed by atoms with Gasteiger partial charge in [-0.25, -0.2) is 0 Å². The first-order valence-corrected chi connectivity index (χ1v) is 4.70. The van der Waals surface area contributed by atoms with E-state index < -0.39 is 0 Å². The zero-order valence-electron chi connectivity index (χ0n) is 9.20. The highest BCUT2D eigenvalue weighted by atomic mass is 16.2. The number of Topliss-reactive ketones (excluding diaryl/α,β-unsaturated/α-hetero) is 1. The number of nitrogens with zero attached hydrogens (tertiary/aromatic N) is 1. The van der Waals surface area contributed by atoms with Crippen LogP contribution in [0.3, 0.4) is 0 Å². The Bertz CT molecular complexity index is 257. The Morgan fingerprint density at radius 2 is 1.93 bits per heavy atom. The fourth-order valence-electron chi connectivity index (χ4n) is 1.24. The molecule has 0 saturated carbocycles.